The zero-order valence-corrected chi connectivity index (χ0v) is 21.1. The van der Waals surface area contributed by atoms with Crippen molar-refractivity contribution < 1.29 is 23.9 Å². The molecule has 0 N–H and O–H groups in total. The minimum atomic E-state index is -0.674. The van der Waals surface area contributed by atoms with Crippen molar-refractivity contribution in [2.75, 3.05) is 13.7 Å². The maximum Gasteiger partial charge on any atom is 0.355 e. The van der Waals surface area contributed by atoms with Crippen LogP contribution in [0, 0.1) is 13.8 Å². The Kier molecular flexibility index (Phi) is 8.18. The van der Waals surface area contributed by atoms with Gasteiger partial charge in [0.25, 0.3) is 5.91 Å². The Morgan fingerprint density at radius 1 is 1.09 bits per heavy atom. The largest absolute Gasteiger partial charge is 0.497 e. The molecule has 1 unspecified atom stereocenters. The number of hydrogen-bond acceptors (Lipinski definition) is 5. The number of rotatable bonds is 8. The van der Waals surface area contributed by atoms with Gasteiger partial charge >= 0.3 is 5.97 Å². The highest BCUT2D eigenvalue weighted by Crippen LogP contribution is 2.30. The molecule has 0 radical (unpaired) electrons. The van der Waals surface area contributed by atoms with Crippen LogP contribution in [0.2, 0.25) is 0 Å². The summed E-state index contributed by atoms with van der Waals surface area (Å²) in [6, 6.07) is 6.33. The van der Waals surface area contributed by atoms with Gasteiger partial charge in [-0.25, -0.2) is 4.79 Å². The first-order valence-electron chi connectivity index (χ1n) is 12.1. The van der Waals surface area contributed by atoms with Gasteiger partial charge in [0.15, 0.2) is 5.78 Å². The second kappa shape index (κ2) is 10.9. The average molecular weight is 469 g/mol. The van der Waals surface area contributed by atoms with Crippen molar-refractivity contribution in [2.45, 2.75) is 71.9 Å². The number of carbonyl (C=O) groups excluding carboxylic acids is 3. The molecule has 1 saturated carbocycles. The molecule has 1 aliphatic rings. The van der Waals surface area contributed by atoms with Gasteiger partial charge in [0, 0.05) is 29.9 Å². The SMILES string of the molecule is CCOC(=O)c1c(C)c(C(=O)C(C)N(C(=O)c2ccc(OC)cc2)C2CCCCC2)c(C)n1C. The lowest BCUT2D eigenvalue weighted by Crippen LogP contribution is -2.50. The Hall–Kier alpha value is -3.09. The van der Waals surface area contributed by atoms with E-state index in [0.29, 0.717) is 33.8 Å². The normalized spacial score (nSPS) is 15.0. The van der Waals surface area contributed by atoms with Crippen molar-refractivity contribution in [3.05, 3.63) is 52.3 Å². The molecular formula is C27H36N2O5. The summed E-state index contributed by atoms with van der Waals surface area (Å²) in [5.41, 5.74) is 2.68. The van der Waals surface area contributed by atoms with Crippen molar-refractivity contribution in [3.8, 4) is 5.75 Å². The maximum atomic E-state index is 13.9. The number of hydrogen-bond donors (Lipinski definition) is 0. The summed E-state index contributed by atoms with van der Waals surface area (Å²) < 4.78 is 12.1. The van der Waals surface area contributed by atoms with Gasteiger partial charge in [-0.3, -0.25) is 9.59 Å². The van der Waals surface area contributed by atoms with Gasteiger partial charge in [-0.2, -0.15) is 0 Å². The molecule has 0 aliphatic heterocycles. The first-order valence-corrected chi connectivity index (χ1v) is 12.1. The third-order valence-electron chi connectivity index (χ3n) is 6.98. The number of carbonyl (C=O) groups is 3. The van der Waals surface area contributed by atoms with E-state index in [1.165, 1.54) is 0 Å². The fourth-order valence-corrected chi connectivity index (χ4v) is 5.06. The van der Waals surface area contributed by atoms with E-state index in [-0.39, 0.29) is 24.3 Å². The molecule has 0 spiro atoms. The summed E-state index contributed by atoms with van der Waals surface area (Å²) in [5.74, 6) is -0.0940. The van der Waals surface area contributed by atoms with Gasteiger partial charge in [0.1, 0.15) is 11.4 Å². The van der Waals surface area contributed by atoms with Crippen LogP contribution in [0.1, 0.15) is 88.4 Å². The lowest BCUT2D eigenvalue weighted by atomic mass is 9.90. The van der Waals surface area contributed by atoms with Crippen molar-refractivity contribution in [2.24, 2.45) is 7.05 Å². The molecule has 184 valence electrons. The monoisotopic (exact) mass is 468 g/mol. The molecule has 1 atom stereocenters. The summed E-state index contributed by atoms with van der Waals surface area (Å²) >= 11 is 0. The molecule has 7 heteroatoms. The van der Waals surface area contributed by atoms with E-state index in [1.54, 1.807) is 68.7 Å². The number of methoxy groups -OCH3 is 1. The van der Waals surface area contributed by atoms with Crippen LogP contribution in [0.15, 0.2) is 24.3 Å². The third-order valence-corrected chi connectivity index (χ3v) is 6.98. The first-order chi connectivity index (χ1) is 16.2. The average Bonchev–Trinajstić information content (AvgIpc) is 3.07. The number of Topliss-reactive ketones (excluding diaryl/α,β-unsaturated/α-hetero) is 1. The van der Waals surface area contributed by atoms with Crippen LogP contribution in [0.25, 0.3) is 0 Å². The van der Waals surface area contributed by atoms with Crippen LogP contribution < -0.4 is 4.74 Å². The van der Waals surface area contributed by atoms with Gasteiger partial charge < -0.3 is 18.9 Å². The van der Waals surface area contributed by atoms with E-state index in [2.05, 4.69) is 0 Å². The zero-order chi connectivity index (χ0) is 25.0. The molecule has 1 aliphatic carbocycles. The number of ketones is 1. The molecule has 7 nitrogen and oxygen atoms in total. The number of esters is 1. The van der Waals surface area contributed by atoms with Gasteiger partial charge in [-0.15, -0.1) is 0 Å². The lowest BCUT2D eigenvalue weighted by Gasteiger charge is -2.38. The molecule has 0 saturated heterocycles. The highest BCUT2D eigenvalue weighted by atomic mass is 16.5. The molecule has 2 aromatic rings. The molecule has 34 heavy (non-hydrogen) atoms. The van der Waals surface area contributed by atoms with E-state index >= 15 is 0 Å². The second-order valence-corrected chi connectivity index (χ2v) is 8.99. The van der Waals surface area contributed by atoms with Crippen LogP contribution in [0.4, 0.5) is 0 Å². The Morgan fingerprint density at radius 3 is 2.26 bits per heavy atom. The van der Waals surface area contributed by atoms with Crippen molar-refractivity contribution in [1.82, 2.24) is 9.47 Å². The predicted molar refractivity (Wildman–Crippen MR) is 131 cm³/mol. The van der Waals surface area contributed by atoms with Crippen LogP contribution in [-0.2, 0) is 11.8 Å². The quantitative estimate of drug-likeness (QED) is 0.408. The molecule has 1 aromatic heterocycles. The lowest BCUT2D eigenvalue weighted by molar-refractivity contribution is 0.0485. The predicted octanol–water partition coefficient (Wildman–Crippen LogP) is 4.87. The Balaban J connectivity index is 2.00. The fourth-order valence-electron chi connectivity index (χ4n) is 5.06. The molecule has 1 amide bonds. The second-order valence-electron chi connectivity index (χ2n) is 8.99. The Labute approximate surface area is 202 Å². The van der Waals surface area contributed by atoms with E-state index in [9.17, 15) is 14.4 Å². The molecule has 3 rings (SSSR count). The van der Waals surface area contributed by atoms with E-state index in [0.717, 1.165) is 32.1 Å². The van der Waals surface area contributed by atoms with Crippen LogP contribution in [0.3, 0.4) is 0 Å². The summed E-state index contributed by atoms with van der Waals surface area (Å²) in [6.45, 7) is 7.41. The van der Waals surface area contributed by atoms with E-state index in [4.69, 9.17) is 9.47 Å². The number of amides is 1. The zero-order valence-electron chi connectivity index (χ0n) is 21.1. The van der Waals surface area contributed by atoms with Crippen molar-refractivity contribution in [3.63, 3.8) is 0 Å². The smallest absolute Gasteiger partial charge is 0.355 e. The summed E-state index contributed by atoms with van der Waals surface area (Å²) in [7, 11) is 3.35. The molecule has 1 heterocycles. The molecular weight excluding hydrogens is 432 g/mol. The third kappa shape index (κ3) is 4.88. The number of benzene rings is 1. The van der Waals surface area contributed by atoms with Gasteiger partial charge in [0.05, 0.1) is 19.8 Å². The highest BCUT2D eigenvalue weighted by Gasteiger charge is 2.36. The number of aromatic nitrogens is 1. The fraction of sp³-hybridized carbons (Fsp3) is 0.519. The summed E-state index contributed by atoms with van der Waals surface area (Å²) in [5, 5.41) is 0. The standard InChI is InChI=1S/C27H36N2O5/c1-7-34-27(32)24-17(2)23(18(3)28(24)5)25(30)19(4)29(21-11-9-8-10-12-21)26(31)20-13-15-22(33-6)16-14-20/h13-16,19,21H,7-12H2,1-6H3. The molecule has 0 bridgehead atoms. The number of ether oxygens (including phenoxy) is 2. The first kappa shape index (κ1) is 25.5. The van der Waals surface area contributed by atoms with E-state index in [1.807, 2.05) is 6.92 Å². The minimum Gasteiger partial charge on any atom is -0.497 e. The maximum absolute atomic E-state index is 13.9. The van der Waals surface area contributed by atoms with Crippen molar-refractivity contribution >= 4 is 17.7 Å². The van der Waals surface area contributed by atoms with Gasteiger partial charge in [-0.1, -0.05) is 19.3 Å². The van der Waals surface area contributed by atoms with E-state index < -0.39 is 12.0 Å². The molecule has 1 aromatic carbocycles. The minimum absolute atomic E-state index is 0.00356. The summed E-state index contributed by atoms with van der Waals surface area (Å²) in [6.07, 6.45) is 4.96. The Bertz CT molecular complexity index is 1050. The van der Waals surface area contributed by atoms with Crippen LogP contribution in [0.5, 0.6) is 5.75 Å². The van der Waals surface area contributed by atoms with Crippen LogP contribution in [-0.4, -0.2) is 52.9 Å². The van der Waals surface area contributed by atoms with Gasteiger partial charge in [0.2, 0.25) is 0 Å². The highest BCUT2D eigenvalue weighted by molar-refractivity contribution is 6.07. The van der Waals surface area contributed by atoms with Crippen LogP contribution >= 0.6 is 0 Å². The van der Waals surface area contributed by atoms with Gasteiger partial charge in [-0.05, 0) is 70.4 Å². The topological polar surface area (TPSA) is 77.8 Å². The summed E-state index contributed by atoms with van der Waals surface area (Å²) in [4.78, 5) is 41.9. The molecule has 1 fully saturated rings. The number of nitrogens with zero attached hydrogens (tertiary/aromatic N) is 2. The Morgan fingerprint density at radius 2 is 1.71 bits per heavy atom. The van der Waals surface area contributed by atoms with Crippen molar-refractivity contribution in [1.29, 1.82) is 0 Å².